The average Bonchev–Trinajstić information content (AvgIpc) is 2.72. The number of rotatable bonds is 2. The topological polar surface area (TPSA) is 43.1 Å². The van der Waals surface area contributed by atoms with Crippen molar-refractivity contribution in [1.82, 2.24) is 0 Å². The van der Waals surface area contributed by atoms with Crippen LogP contribution in [0.2, 0.25) is 0 Å². The maximum absolute atomic E-state index is 10.7. The molecule has 2 bridgehead atoms. The van der Waals surface area contributed by atoms with E-state index in [1.807, 2.05) is 12.1 Å². The summed E-state index contributed by atoms with van der Waals surface area (Å²) < 4.78 is 0. The van der Waals surface area contributed by atoms with Crippen molar-refractivity contribution in [2.24, 2.45) is 11.8 Å². The third-order valence-corrected chi connectivity index (χ3v) is 5.80. The molecule has 3 nitrogen and oxygen atoms in total. The average molecular weight is 262 g/mol. The van der Waals surface area contributed by atoms with Crippen LogP contribution in [0.3, 0.4) is 0 Å². The lowest BCUT2D eigenvalue weighted by Crippen LogP contribution is -2.23. The van der Waals surface area contributed by atoms with Crippen molar-refractivity contribution in [3.05, 3.63) is 52.1 Å². The molecule has 4 rings (SSSR count). The van der Waals surface area contributed by atoms with Gasteiger partial charge in [-0.3, -0.25) is 10.1 Å². The Morgan fingerprint density at radius 3 is 2.44 bits per heavy atom. The van der Waals surface area contributed by atoms with Gasteiger partial charge in [-0.15, -0.1) is 11.6 Å². The highest BCUT2D eigenvalue weighted by molar-refractivity contribution is 6.28. The van der Waals surface area contributed by atoms with Gasteiger partial charge >= 0.3 is 0 Å². The Morgan fingerprint density at radius 2 is 1.89 bits per heavy atom. The highest BCUT2D eigenvalue weighted by atomic mass is 35.5. The lowest BCUT2D eigenvalue weighted by molar-refractivity contribution is -0.384. The zero-order chi connectivity index (χ0) is 12.5. The second-order valence-electron chi connectivity index (χ2n) is 5.65. The molecule has 2 saturated carbocycles. The van der Waals surface area contributed by atoms with E-state index >= 15 is 0 Å². The predicted molar refractivity (Wildman–Crippen MR) is 68.7 cm³/mol. The Bertz CT molecular complexity index is 582. The number of halogens is 1. The van der Waals surface area contributed by atoms with Crippen LogP contribution in [0.1, 0.15) is 18.4 Å². The molecular weight excluding hydrogens is 250 g/mol. The number of alkyl halides is 1. The van der Waals surface area contributed by atoms with E-state index < -0.39 is 0 Å². The number of nitrogens with zero attached hydrogens (tertiary/aromatic N) is 1. The molecule has 1 aromatic carbocycles. The van der Waals surface area contributed by atoms with Gasteiger partial charge in [0.2, 0.25) is 0 Å². The summed E-state index contributed by atoms with van der Waals surface area (Å²) in [6.07, 6.45) is 6.66. The Morgan fingerprint density at radius 1 is 1.22 bits per heavy atom. The fraction of sp³-hybridized carbons (Fsp3) is 0.429. The van der Waals surface area contributed by atoms with Crippen molar-refractivity contribution in [2.75, 3.05) is 0 Å². The Labute approximate surface area is 110 Å². The molecule has 0 radical (unpaired) electrons. The summed E-state index contributed by atoms with van der Waals surface area (Å²) in [6, 6.07) is 6.96. The van der Waals surface area contributed by atoms with Crippen molar-refractivity contribution in [3.8, 4) is 0 Å². The van der Waals surface area contributed by atoms with Gasteiger partial charge in [-0.2, -0.15) is 0 Å². The third-order valence-electron chi connectivity index (χ3n) is 5.05. The number of benzene rings is 1. The molecule has 92 valence electrons. The third kappa shape index (κ3) is 0.985. The number of nitro benzene ring substituents is 1. The maximum atomic E-state index is 10.7. The summed E-state index contributed by atoms with van der Waals surface area (Å²) in [7, 11) is 0. The molecule has 0 N–H and O–H groups in total. The van der Waals surface area contributed by atoms with E-state index in [-0.39, 0.29) is 20.9 Å². The van der Waals surface area contributed by atoms with Crippen LogP contribution in [0.4, 0.5) is 5.69 Å². The molecule has 4 heteroatoms. The fourth-order valence-corrected chi connectivity index (χ4v) is 4.73. The SMILES string of the molecule is O=[N+]([O-])c1ccc(C23CC2(Cl)C2C=CC3C2)cc1. The standard InChI is InChI=1S/C14H12ClNO2/c15-14-8-13(14,10-1-2-11(14)7-10)9-3-5-12(6-4-9)16(17)18/h1-6,10-11H,7-8H2. The molecule has 1 aromatic rings. The fourth-order valence-electron chi connectivity index (χ4n) is 4.10. The lowest BCUT2D eigenvalue weighted by Gasteiger charge is -2.23. The normalized spacial score (nSPS) is 42.9. The first kappa shape index (κ1) is 10.6. The van der Waals surface area contributed by atoms with Gasteiger partial charge in [0.05, 0.1) is 9.80 Å². The Hall–Kier alpha value is -1.35. The van der Waals surface area contributed by atoms with E-state index in [1.165, 1.54) is 5.56 Å². The smallest absolute Gasteiger partial charge is 0.258 e. The first-order valence-electron chi connectivity index (χ1n) is 6.20. The van der Waals surface area contributed by atoms with Crippen molar-refractivity contribution >= 4 is 17.3 Å². The molecule has 0 saturated heterocycles. The molecule has 0 aliphatic heterocycles. The summed E-state index contributed by atoms with van der Waals surface area (Å²) in [4.78, 5) is 10.2. The Kier molecular flexibility index (Phi) is 1.74. The summed E-state index contributed by atoms with van der Waals surface area (Å²) in [6.45, 7) is 0. The van der Waals surface area contributed by atoms with Crippen LogP contribution < -0.4 is 0 Å². The highest BCUT2D eigenvalue weighted by Gasteiger charge is 2.78. The molecule has 0 aromatic heterocycles. The summed E-state index contributed by atoms with van der Waals surface area (Å²) in [5.41, 5.74) is 1.36. The minimum absolute atomic E-state index is 0.0447. The molecule has 0 spiro atoms. The molecule has 3 aliphatic carbocycles. The molecule has 3 aliphatic rings. The van der Waals surface area contributed by atoms with Crippen LogP contribution in [0.15, 0.2) is 36.4 Å². The van der Waals surface area contributed by atoms with Crippen LogP contribution >= 0.6 is 11.6 Å². The largest absolute Gasteiger partial charge is 0.269 e. The summed E-state index contributed by atoms with van der Waals surface area (Å²) in [5.74, 6) is 1.00. The van der Waals surface area contributed by atoms with Gasteiger partial charge in [0, 0.05) is 17.5 Å². The van der Waals surface area contributed by atoms with Crippen LogP contribution in [0.5, 0.6) is 0 Å². The van der Waals surface area contributed by atoms with Crippen molar-refractivity contribution in [1.29, 1.82) is 0 Å². The molecule has 4 atom stereocenters. The quantitative estimate of drug-likeness (QED) is 0.354. The number of allylic oxidation sites excluding steroid dienone is 2. The van der Waals surface area contributed by atoms with E-state index in [0.29, 0.717) is 11.8 Å². The van der Waals surface area contributed by atoms with Crippen LogP contribution in [0.25, 0.3) is 0 Å². The van der Waals surface area contributed by atoms with E-state index in [9.17, 15) is 10.1 Å². The molecule has 0 heterocycles. The Balaban J connectivity index is 1.77. The van der Waals surface area contributed by atoms with E-state index in [1.54, 1.807) is 12.1 Å². The molecule has 18 heavy (non-hydrogen) atoms. The zero-order valence-corrected chi connectivity index (χ0v) is 10.4. The van der Waals surface area contributed by atoms with Gasteiger partial charge in [-0.1, -0.05) is 24.3 Å². The van der Waals surface area contributed by atoms with Crippen LogP contribution in [-0.2, 0) is 5.41 Å². The molecule has 0 amide bonds. The monoisotopic (exact) mass is 261 g/mol. The van der Waals surface area contributed by atoms with Crippen molar-refractivity contribution in [2.45, 2.75) is 23.1 Å². The number of fused-ring (bicyclic) bond motifs is 5. The van der Waals surface area contributed by atoms with Gasteiger partial charge in [-0.25, -0.2) is 0 Å². The van der Waals surface area contributed by atoms with Gasteiger partial charge in [0.15, 0.2) is 0 Å². The maximum Gasteiger partial charge on any atom is 0.269 e. The van der Waals surface area contributed by atoms with Crippen LogP contribution in [-0.4, -0.2) is 9.80 Å². The second kappa shape index (κ2) is 2.97. The highest BCUT2D eigenvalue weighted by Crippen LogP contribution is 2.78. The van der Waals surface area contributed by atoms with E-state index in [2.05, 4.69) is 12.2 Å². The van der Waals surface area contributed by atoms with Crippen LogP contribution in [0, 0.1) is 22.0 Å². The second-order valence-corrected chi connectivity index (χ2v) is 6.32. The number of non-ortho nitro benzene ring substituents is 1. The summed E-state index contributed by atoms with van der Waals surface area (Å²) >= 11 is 6.75. The van der Waals surface area contributed by atoms with E-state index in [4.69, 9.17) is 11.6 Å². The molecule has 2 fully saturated rings. The molecule has 4 unspecified atom stereocenters. The van der Waals surface area contributed by atoms with Gasteiger partial charge in [0.25, 0.3) is 5.69 Å². The predicted octanol–water partition coefficient (Wildman–Crippen LogP) is 3.42. The number of hydrogen-bond acceptors (Lipinski definition) is 2. The van der Waals surface area contributed by atoms with Crippen molar-refractivity contribution in [3.63, 3.8) is 0 Å². The first-order valence-corrected chi connectivity index (χ1v) is 6.58. The molecular formula is C14H12ClNO2. The van der Waals surface area contributed by atoms with Gasteiger partial charge in [0.1, 0.15) is 0 Å². The van der Waals surface area contributed by atoms with Gasteiger partial charge in [-0.05, 0) is 30.2 Å². The minimum atomic E-state index is -0.358. The number of hydrogen-bond donors (Lipinski definition) is 0. The van der Waals surface area contributed by atoms with Gasteiger partial charge < -0.3 is 0 Å². The number of nitro groups is 1. The summed E-state index contributed by atoms with van der Waals surface area (Å²) in [5, 5.41) is 10.7. The zero-order valence-electron chi connectivity index (χ0n) is 9.67. The lowest BCUT2D eigenvalue weighted by atomic mass is 9.83. The first-order chi connectivity index (χ1) is 8.58. The van der Waals surface area contributed by atoms with Crippen molar-refractivity contribution < 1.29 is 4.92 Å². The van der Waals surface area contributed by atoms with E-state index in [0.717, 1.165) is 12.8 Å². The minimum Gasteiger partial charge on any atom is -0.258 e.